The number of amides is 3. The number of nitrogens with one attached hydrogen (secondary N) is 2. The van der Waals surface area contributed by atoms with Crippen molar-refractivity contribution < 1.29 is 9.59 Å². The lowest BCUT2D eigenvalue weighted by Gasteiger charge is -2.37. The molecule has 0 aromatic carbocycles. The van der Waals surface area contributed by atoms with Gasteiger partial charge >= 0.3 is 6.03 Å². The molecular formula is C18H28N6O2. The van der Waals surface area contributed by atoms with E-state index in [1.165, 1.54) is 6.42 Å². The molecule has 8 heteroatoms. The molecule has 2 N–H and O–H groups in total. The summed E-state index contributed by atoms with van der Waals surface area (Å²) in [5.41, 5.74) is 0. The van der Waals surface area contributed by atoms with Gasteiger partial charge in [-0.1, -0.05) is 19.3 Å². The standard InChI is InChI=1S/C18H28N6O2/c1-14(16(25)22-18(26)21-15-6-3-2-4-7-15)23-10-12-24(13-11-23)17-19-8-5-9-20-17/h5,8-9,14-15H,2-4,6-7,10-13H2,1H3,(H2,21,22,25,26). The second kappa shape index (κ2) is 8.93. The molecule has 1 aliphatic heterocycles. The number of urea groups is 1. The summed E-state index contributed by atoms with van der Waals surface area (Å²) in [4.78, 5) is 37.2. The van der Waals surface area contributed by atoms with Gasteiger partial charge in [-0.05, 0) is 25.8 Å². The van der Waals surface area contributed by atoms with E-state index in [0.29, 0.717) is 0 Å². The monoisotopic (exact) mass is 360 g/mol. The number of carbonyl (C=O) groups excluding carboxylic acids is 2. The molecule has 8 nitrogen and oxygen atoms in total. The number of aromatic nitrogens is 2. The molecule has 2 fully saturated rings. The highest BCUT2D eigenvalue weighted by molar-refractivity contribution is 5.96. The van der Waals surface area contributed by atoms with Crippen molar-refractivity contribution in [3.63, 3.8) is 0 Å². The number of hydrogen-bond donors (Lipinski definition) is 2. The summed E-state index contributed by atoms with van der Waals surface area (Å²) < 4.78 is 0. The second-order valence-corrected chi connectivity index (χ2v) is 7.05. The molecule has 0 radical (unpaired) electrons. The Labute approximate surface area is 154 Å². The quantitative estimate of drug-likeness (QED) is 0.837. The summed E-state index contributed by atoms with van der Waals surface area (Å²) in [7, 11) is 0. The van der Waals surface area contributed by atoms with Crippen LogP contribution in [0.15, 0.2) is 18.5 Å². The van der Waals surface area contributed by atoms with E-state index in [2.05, 4.69) is 30.4 Å². The van der Waals surface area contributed by atoms with E-state index >= 15 is 0 Å². The van der Waals surface area contributed by atoms with Crippen LogP contribution < -0.4 is 15.5 Å². The summed E-state index contributed by atoms with van der Waals surface area (Å²) in [6.45, 7) is 4.83. The molecular weight excluding hydrogens is 332 g/mol. The summed E-state index contributed by atoms with van der Waals surface area (Å²) >= 11 is 0. The topological polar surface area (TPSA) is 90.5 Å². The normalized spacial score (nSPS) is 20.4. The number of nitrogens with zero attached hydrogens (tertiary/aromatic N) is 4. The lowest BCUT2D eigenvalue weighted by Crippen LogP contribution is -2.56. The van der Waals surface area contributed by atoms with Crippen LogP contribution in [0.3, 0.4) is 0 Å². The Morgan fingerprint density at radius 3 is 2.38 bits per heavy atom. The van der Waals surface area contributed by atoms with Gasteiger partial charge < -0.3 is 10.2 Å². The molecule has 1 aromatic heterocycles. The predicted octanol–water partition coefficient (Wildman–Crippen LogP) is 1.15. The maximum absolute atomic E-state index is 12.4. The van der Waals surface area contributed by atoms with E-state index in [9.17, 15) is 9.59 Å². The fraction of sp³-hybridized carbons (Fsp3) is 0.667. The molecule has 2 aliphatic rings. The van der Waals surface area contributed by atoms with Gasteiger partial charge in [0.1, 0.15) is 0 Å². The van der Waals surface area contributed by atoms with Crippen LogP contribution in [0.1, 0.15) is 39.0 Å². The molecule has 1 aliphatic carbocycles. The largest absolute Gasteiger partial charge is 0.338 e. The number of piperazine rings is 1. The van der Waals surface area contributed by atoms with Gasteiger partial charge in [0.2, 0.25) is 11.9 Å². The van der Waals surface area contributed by atoms with Crippen molar-refractivity contribution in [2.24, 2.45) is 0 Å². The van der Waals surface area contributed by atoms with Crippen molar-refractivity contribution in [3.8, 4) is 0 Å². The zero-order valence-corrected chi connectivity index (χ0v) is 15.4. The summed E-state index contributed by atoms with van der Waals surface area (Å²) in [6, 6.07) is 1.28. The van der Waals surface area contributed by atoms with Crippen molar-refractivity contribution in [2.45, 2.75) is 51.1 Å². The molecule has 1 atom stereocenters. The third-order valence-corrected chi connectivity index (χ3v) is 5.25. The van der Waals surface area contributed by atoms with E-state index in [1.54, 1.807) is 18.5 Å². The first-order valence-corrected chi connectivity index (χ1v) is 9.51. The van der Waals surface area contributed by atoms with Crippen LogP contribution in [0.4, 0.5) is 10.7 Å². The third kappa shape index (κ3) is 4.91. The zero-order valence-electron chi connectivity index (χ0n) is 15.4. The molecule has 26 heavy (non-hydrogen) atoms. The highest BCUT2D eigenvalue weighted by atomic mass is 16.2. The highest BCUT2D eigenvalue weighted by Crippen LogP contribution is 2.17. The molecule has 1 saturated carbocycles. The lowest BCUT2D eigenvalue weighted by atomic mass is 9.96. The Morgan fingerprint density at radius 2 is 1.73 bits per heavy atom. The molecule has 3 rings (SSSR count). The molecule has 1 saturated heterocycles. The van der Waals surface area contributed by atoms with E-state index in [0.717, 1.165) is 57.8 Å². The van der Waals surface area contributed by atoms with Gasteiger partial charge in [-0.25, -0.2) is 14.8 Å². The van der Waals surface area contributed by atoms with Crippen molar-refractivity contribution in [1.82, 2.24) is 25.5 Å². The predicted molar refractivity (Wildman–Crippen MR) is 98.8 cm³/mol. The summed E-state index contributed by atoms with van der Waals surface area (Å²) in [5, 5.41) is 5.42. The Hall–Kier alpha value is -2.22. The van der Waals surface area contributed by atoms with Crippen molar-refractivity contribution >= 4 is 17.9 Å². The van der Waals surface area contributed by atoms with Gasteiger partial charge in [0.05, 0.1) is 6.04 Å². The number of rotatable bonds is 4. The Balaban J connectivity index is 1.43. The maximum Gasteiger partial charge on any atom is 0.321 e. The molecule has 142 valence electrons. The van der Waals surface area contributed by atoms with E-state index in [1.807, 2.05) is 6.92 Å². The minimum atomic E-state index is -0.370. The van der Waals surface area contributed by atoms with Gasteiger partial charge in [-0.2, -0.15) is 0 Å². The van der Waals surface area contributed by atoms with E-state index < -0.39 is 0 Å². The first-order chi connectivity index (χ1) is 12.6. The van der Waals surface area contributed by atoms with Crippen molar-refractivity contribution in [2.75, 3.05) is 31.1 Å². The summed E-state index contributed by atoms with van der Waals surface area (Å²) in [5.74, 6) is 0.471. The Bertz CT molecular complexity index is 597. The van der Waals surface area contributed by atoms with Crippen LogP contribution in [0, 0.1) is 0 Å². The molecule has 1 unspecified atom stereocenters. The van der Waals surface area contributed by atoms with Gasteiger partial charge in [0.15, 0.2) is 0 Å². The van der Waals surface area contributed by atoms with Crippen LogP contribution in [0.25, 0.3) is 0 Å². The van der Waals surface area contributed by atoms with Crippen LogP contribution in [0.2, 0.25) is 0 Å². The number of hydrogen-bond acceptors (Lipinski definition) is 6. The molecule has 0 spiro atoms. The van der Waals surface area contributed by atoms with Crippen molar-refractivity contribution in [1.29, 1.82) is 0 Å². The van der Waals surface area contributed by atoms with Gasteiger partial charge in [-0.3, -0.25) is 15.0 Å². The first kappa shape index (κ1) is 18.6. The summed E-state index contributed by atoms with van der Waals surface area (Å²) in [6.07, 6.45) is 8.98. The Morgan fingerprint density at radius 1 is 1.08 bits per heavy atom. The van der Waals surface area contributed by atoms with Gasteiger partial charge in [0.25, 0.3) is 0 Å². The van der Waals surface area contributed by atoms with Crippen LogP contribution in [-0.4, -0.2) is 65.1 Å². The molecule has 1 aromatic rings. The minimum Gasteiger partial charge on any atom is -0.338 e. The average molecular weight is 360 g/mol. The third-order valence-electron chi connectivity index (χ3n) is 5.25. The fourth-order valence-electron chi connectivity index (χ4n) is 3.61. The van der Waals surface area contributed by atoms with E-state index in [-0.39, 0.29) is 24.0 Å². The fourth-order valence-corrected chi connectivity index (χ4v) is 3.61. The van der Waals surface area contributed by atoms with Crippen LogP contribution in [0.5, 0.6) is 0 Å². The van der Waals surface area contributed by atoms with Crippen LogP contribution in [-0.2, 0) is 4.79 Å². The average Bonchev–Trinajstić information content (AvgIpc) is 2.69. The van der Waals surface area contributed by atoms with Gasteiger partial charge in [0, 0.05) is 44.6 Å². The minimum absolute atomic E-state index is 0.196. The maximum atomic E-state index is 12.4. The van der Waals surface area contributed by atoms with Crippen LogP contribution >= 0.6 is 0 Å². The van der Waals surface area contributed by atoms with Gasteiger partial charge in [-0.15, -0.1) is 0 Å². The second-order valence-electron chi connectivity index (χ2n) is 7.05. The highest BCUT2D eigenvalue weighted by Gasteiger charge is 2.27. The smallest absolute Gasteiger partial charge is 0.321 e. The first-order valence-electron chi connectivity index (χ1n) is 9.51. The number of imide groups is 1. The Kier molecular flexibility index (Phi) is 6.38. The molecule has 3 amide bonds. The zero-order chi connectivity index (χ0) is 18.4. The lowest BCUT2D eigenvalue weighted by molar-refractivity contribution is -0.124. The van der Waals surface area contributed by atoms with Crippen molar-refractivity contribution in [3.05, 3.63) is 18.5 Å². The molecule has 0 bridgehead atoms. The number of anilines is 1. The number of carbonyl (C=O) groups is 2. The molecule has 2 heterocycles. The van der Waals surface area contributed by atoms with E-state index in [4.69, 9.17) is 0 Å². The SMILES string of the molecule is CC(C(=O)NC(=O)NC1CCCCC1)N1CCN(c2ncccn2)CC1.